The molecule has 96 valence electrons. The van der Waals surface area contributed by atoms with Crippen LogP contribution in [-0.4, -0.2) is 39.8 Å². The van der Waals surface area contributed by atoms with Gasteiger partial charge in [-0.05, 0) is 17.7 Å². The van der Waals surface area contributed by atoms with Crippen molar-refractivity contribution in [1.82, 2.24) is 4.31 Å². The minimum Gasteiger partial charge on any atom is -0.285 e. The van der Waals surface area contributed by atoms with Crippen molar-refractivity contribution < 1.29 is 21.4 Å². The van der Waals surface area contributed by atoms with E-state index in [1.54, 1.807) is 0 Å². The lowest BCUT2D eigenvalue weighted by Gasteiger charge is -2.11. The Morgan fingerprint density at radius 2 is 1.53 bits per heavy atom. The highest BCUT2D eigenvalue weighted by Crippen LogP contribution is 2.15. The third kappa shape index (κ3) is 3.77. The predicted octanol–water partition coefficient (Wildman–Crippen LogP) is 0.325. The van der Waals surface area contributed by atoms with E-state index in [1.165, 1.54) is 38.4 Å². The molecule has 0 atom stereocenters. The largest absolute Gasteiger partial charge is 0.285 e. The Hall–Kier alpha value is -0.960. The Labute approximate surface area is 101 Å². The van der Waals surface area contributed by atoms with E-state index in [-0.39, 0.29) is 4.90 Å². The van der Waals surface area contributed by atoms with E-state index in [0.29, 0.717) is 5.56 Å². The topological polar surface area (TPSA) is 91.8 Å². The third-order valence-electron chi connectivity index (χ3n) is 2.05. The second kappa shape index (κ2) is 4.73. The highest BCUT2D eigenvalue weighted by atomic mass is 32.2. The summed E-state index contributed by atoms with van der Waals surface area (Å²) in [5.41, 5.74) is 0.324. The number of hydrogen-bond donors (Lipinski definition) is 1. The molecule has 1 N–H and O–H groups in total. The van der Waals surface area contributed by atoms with Crippen molar-refractivity contribution in [3.8, 4) is 0 Å². The zero-order valence-corrected chi connectivity index (χ0v) is 11.0. The molecule has 0 radical (unpaired) electrons. The molecule has 17 heavy (non-hydrogen) atoms. The number of benzene rings is 1. The number of sulfonamides is 1. The van der Waals surface area contributed by atoms with Crippen LogP contribution in [0.25, 0.3) is 0 Å². The molecule has 0 amide bonds. The van der Waals surface area contributed by atoms with Crippen LogP contribution in [0.2, 0.25) is 0 Å². The van der Waals surface area contributed by atoms with E-state index in [0.717, 1.165) is 4.31 Å². The van der Waals surface area contributed by atoms with Crippen LogP contribution in [0.15, 0.2) is 29.2 Å². The molecular formula is C9H13NO5S2. The zero-order chi connectivity index (χ0) is 13.3. The van der Waals surface area contributed by atoms with E-state index in [9.17, 15) is 16.8 Å². The second-order valence-corrected chi connectivity index (χ2v) is 7.26. The standard InChI is InChI=1S/C9H13NO5S2/c1-10(2)17(14,15)9-5-3-8(4-6-9)7-16(11,12)13/h3-6H,7H2,1-2H3,(H,11,12,13). The summed E-state index contributed by atoms with van der Waals surface area (Å²) in [4.78, 5) is 0.0709. The van der Waals surface area contributed by atoms with Crippen molar-refractivity contribution in [3.05, 3.63) is 29.8 Å². The molecule has 0 aromatic heterocycles. The summed E-state index contributed by atoms with van der Waals surface area (Å²) in [5, 5.41) is 0. The van der Waals surface area contributed by atoms with Crippen molar-refractivity contribution in [2.24, 2.45) is 0 Å². The summed E-state index contributed by atoms with van der Waals surface area (Å²) in [5.74, 6) is -0.532. The first kappa shape index (κ1) is 14.1. The summed E-state index contributed by atoms with van der Waals surface area (Å²) in [7, 11) is -4.81. The van der Waals surface area contributed by atoms with Gasteiger partial charge in [0.1, 0.15) is 5.75 Å². The van der Waals surface area contributed by atoms with Crippen molar-refractivity contribution in [2.45, 2.75) is 10.6 Å². The van der Waals surface area contributed by atoms with Crippen LogP contribution in [0.5, 0.6) is 0 Å². The van der Waals surface area contributed by atoms with E-state index in [2.05, 4.69) is 0 Å². The van der Waals surface area contributed by atoms with Gasteiger partial charge in [0, 0.05) is 14.1 Å². The molecule has 0 bridgehead atoms. The van der Waals surface area contributed by atoms with E-state index < -0.39 is 25.9 Å². The fraction of sp³-hybridized carbons (Fsp3) is 0.333. The van der Waals surface area contributed by atoms with E-state index >= 15 is 0 Å². The Morgan fingerprint density at radius 3 is 1.88 bits per heavy atom. The minimum absolute atomic E-state index is 0.0709. The fourth-order valence-corrected chi connectivity index (χ4v) is 2.69. The van der Waals surface area contributed by atoms with Crippen molar-refractivity contribution >= 4 is 20.1 Å². The van der Waals surface area contributed by atoms with Crippen molar-refractivity contribution in [2.75, 3.05) is 14.1 Å². The average molecular weight is 279 g/mol. The summed E-state index contributed by atoms with van der Waals surface area (Å²) in [6, 6.07) is 5.31. The van der Waals surface area contributed by atoms with Gasteiger partial charge in [0.25, 0.3) is 10.1 Å². The first-order chi connectivity index (χ1) is 7.63. The highest BCUT2D eigenvalue weighted by molar-refractivity contribution is 7.89. The van der Waals surface area contributed by atoms with Crippen LogP contribution >= 0.6 is 0 Å². The molecule has 0 saturated carbocycles. The van der Waals surface area contributed by atoms with Gasteiger partial charge in [0.05, 0.1) is 4.90 Å². The molecule has 0 saturated heterocycles. The second-order valence-electron chi connectivity index (χ2n) is 3.66. The third-order valence-corrected chi connectivity index (χ3v) is 4.58. The van der Waals surface area contributed by atoms with Crippen LogP contribution in [0.4, 0.5) is 0 Å². The normalized spacial score (nSPS) is 12.9. The monoisotopic (exact) mass is 279 g/mol. The lowest BCUT2D eigenvalue weighted by Crippen LogP contribution is -2.22. The zero-order valence-electron chi connectivity index (χ0n) is 9.36. The first-order valence-electron chi connectivity index (χ1n) is 4.59. The minimum atomic E-state index is -4.10. The van der Waals surface area contributed by atoms with Crippen LogP contribution in [-0.2, 0) is 25.9 Å². The van der Waals surface area contributed by atoms with Crippen LogP contribution < -0.4 is 0 Å². The van der Waals surface area contributed by atoms with Crippen LogP contribution in [0.1, 0.15) is 5.56 Å². The Balaban J connectivity index is 3.05. The van der Waals surface area contributed by atoms with Gasteiger partial charge in [-0.25, -0.2) is 12.7 Å². The molecule has 0 unspecified atom stereocenters. The molecule has 8 heteroatoms. The highest BCUT2D eigenvalue weighted by Gasteiger charge is 2.17. The van der Waals surface area contributed by atoms with Gasteiger partial charge in [-0.1, -0.05) is 12.1 Å². The van der Waals surface area contributed by atoms with Gasteiger partial charge in [0.15, 0.2) is 0 Å². The molecule has 0 heterocycles. The maximum atomic E-state index is 11.7. The predicted molar refractivity (Wildman–Crippen MR) is 62.6 cm³/mol. The molecule has 0 spiro atoms. The van der Waals surface area contributed by atoms with E-state index in [4.69, 9.17) is 4.55 Å². The van der Waals surface area contributed by atoms with Gasteiger partial charge in [-0.2, -0.15) is 8.42 Å². The number of nitrogens with zero attached hydrogens (tertiary/aromatic N) is 1. The van der Waals surface area contributed by atoms with Crippen LogP contribution in [0.3, 0.4) is 0 Å². The van der Waals surface area contributed by atoms with E-state index in [1.807, 2.05) is 0 Å². The summed E-state index contributed by atoms with van der Waals surface area (Å²) >= 11 is 0. The summed E-state index contributed by atoms with van der Waals surface area (Å²) in [6.07, 6.45) is 0. The van der Waals surface area contributed by atoms with Gasteiger partial charge < -0.3 is 0 Å². The molecule has 0 aliphatic rings. The maximum Gasteiger partial charge on any atom is 0.269 e. The lowest BCUT2D eigenvalue weighted by molar-refractivity contribution is 0.482. The molecule has 1 rings (SSSR count). The Kier molecular flexibility index (Phi) is 3.92. The quantitative estimate of drug-likeness (QED) is 0.802. The Bertz CT molecular complexity index is 587. The van der Waals surface area contributed by atoms with Crippen LogP contribution in [0, 0.1) is 0 Å². The first-order valence-corrected chi connectivity index (χ1v) is 7.64. The molecular weight excluding hydrogens is 266 g/mol. The fourth-order valence-electron chi connectivity index (χ4n) is 1.18. The SMILES string of the molecule is CN(C)S(=O)(=O)c1ccc(CS(=O)(=O)O)cc1. The molecule has 0 aliphatic heterocycles. The molecule has 6 nitrogen and oxygen atoms in total. The van der Waals surface area contributed by atoms with Crippen molar-refractivity contribution in [3.63, 3.8) is 0 Å². The Morgan fingerprint density at radius 1 is 1.06 bits per heavy atom. The molecule has 1 aromatic carbocycles. The molecule has 0 fully saturated rings. The van der Waals surface area contributed by atoms with Gasteiger partial charge in [-0.3, -0.25) is 4.55 Å². The smallest absolute Gasteiger partial charge is 0.269 e. The van der Waals surface area contributed by atoms with Gasteiger partial charge in [0.2, 0.25) is 10.0 Å². The van der Waals surface area contributed by atoms with Crippen molar-refractivity contribution in [1.29, 1.82) is 0 Å². The summed E-state index contributed by atoms with van der Waals surface area (Å²) < 4.78 is 54.3. The number of rotatable bonds is 4. The maximum absolute atomic E-state index is 11.7. The summed E-state index contributed by atoms with van der Waals surface area (Å²) in [6.45, 7) is 0. The molecule has 0 aliphatic carbocycles. The van der Waals surface area contributed by atoms with Gasteiger partial charge in [-0.15, -0.1) is 0 Å². The lowest BCUT2D eigenvalue weighted by atomic mass is 10.2. The molecule has 1 aromatic rings. The number of hydrogen-bond acceptors (Lipinski definition) is 4. The van der Waals surface area contributed by atoms with Gasteiger partial charge >= 0.3 is 0 Å². The average Bonchev–Trinajstić information content (AvgIpc) is 2.15.